The quantitative estimate of drug-likeness (QED) is 0.606. The number of carbonyl (C=O) groups is 3. The molecule has 0 spiro atoms. The molecule has 1 heterocycles. The summed E-state index contributed by atoms with van der Waals surface area (Å²) in [4.78, 5) is 36.5. The average molecular weight is 275 g/mol. The van der Waals surface area contributed by atoms with Crippen LogP contribution in [0.5, 0.6) is 0 Å². The number of fused-ring (bicyclic) bond motifs is 1. The van der Waals surface area contributed by atoms with Crippen LogP contribution in [0.15, 0.2) is 18.2 Å². The predicted octanol–water partition coefficient (Wildman–Crippen LogP) is 1.73. The van der Waals surface area contributed by atoms with E-state index < -0.39 is 5.97 Å². The second-order valence-corrected chi connectivity index (χ2v) is 4.66. The van der Waals surface area contributed by atoms with Crippen LogP contribution in [0.25, 0.3) is 0 Å². The average Bonchev–Trinajstić information content (AvgIpc) is 2.78. The van der Waals surface area contributed by atoms with E-state index in [1.54, 1.807) is 23.1 Å². The van der Waals surface area contributed by atoms with Crippen molar-refractivity contribution in [3.63, 3.8) is 0 Å². The Morgan fingerprint density at radius 2 is 2.05 bits per heavy atom. The van der Waals surface area contributed by atoms with E-state index in [9.17, 15) is 14.4 Å². The monoisotopic (exact) mass is 275 g/mol. The number of rotatable bonds is 5. The Bertz CT molecular complexity index is 565. The van der Waals surface area contributed by atoms with E-state index >= 15 is 0 Å². The molecule has 1 aliphatic rings. The van der Waals surface area contributed by atoms with Crippen molar-refractivity contribution in [3.05, 3.63) is 29.3 Å². The highest BCUT2D eigenvalue weighted by atomic mass is 16.5. The van der Waals surface area contributed by atoms with Gasteiger partial charge in [-0.25, -0.2) is 0 Å². The number of Topliss-reactive ketones (excluding diaryl/α,β-unsaturated/α-hetero) is 1. The van der Waals surface area contributed by atoms with E-state index in [1.807, 2.05) is 6.92 Å². The lowest BCUT2D eigenvalue weighted by Crippen LogP contribution is -2.25. The molecular formula is C15H17NO4. The number of esters is 1. The number of amides is 1. The molecule has 2 rings (SSSR count). The van der Waals surface area contributed by atoms with Gasteiger partial charge in [0.15, 0.2) is 5.78 Å². The van der Waals surface area contributed by atoms with Gasteiger partial charge in [-0.3, -0.25) is 14.4 Å². The summed E-state index contributed by atoms with van der Waals surface area (Å²) in [6, 6.07) is 5.26. The maximum atomic E-state index is 12.0. The molecule has 0 saturated heterocycles. The standard InChI is InChI=1S/C15H17NO4/c1-3-16-12-5-4-10(8-11(12)9-14(16)18)13(17)6-7-15(19)20-2/h4-5,8H,3,6-7,9H2,1-2H3. The highest BCUT2D eigenvalue weighted by molar-refractivity contribution is 6.04. The van der Waals surface area contributed by atoms with E-state index in [4.69, 9.17) is 0 Å². The van der Waals surface area contributed by atoms with Crippen molar-refractivity contribution in [2.45, 2.75) is 26.2 Å². The molecule has 20 heavy (non-hydrogen) atoms. The summed E-state index contributed by atoms with van der Waals surface area (Å²) in [6.07, 6.45) is 0.532. The van der Waals surface area contributed by atoms with Crippen molar-refractivity contribution in [1.82, 2.24) is 0 Å². The van der Waals surface area contributed by atoms with Gasteiger partial charge in [-0.2, -0.15) is 0 Å². The van der Waals surface area contributed by atoms with Gasteiger partial charge in [0.1, 0.15) is 0 Å². The highest BCUT2D eigenvalue weighted by Crippen LogP contribution is 2.29. The number of hydrogen-bond donors (Lipinski definition) is 0. The Labute approximate surface area is 117 Å². The normalized spacial score (nSPS) is 13.3. The van der Waals surface area contributed by atoms with Crippen molar-refractivity contribution in [1.29, 1.82) is 0 Å². The number of ether oxygens (including phenoxy) is 1. The van der Waals surface area contributed by atoms with E-state index in [1.165, 1.54) is 7.11 Å². The molecule has 0 radical (unpaired) electrons. The Hall–Kier alpha value is -2.17. The minimum atomic E-state index is -0.396. The summed E-state index contributed by atoms with van der Waals surface area (Å²) in [7, 11) is 1.30. The number of anilines is 1. The molecule has 0 N–H and O–H groups in total. The Balaban J connectivity index is 2.13. The van der Waals surface area contributed by atoms with Gasteiger partial charge in [-0.05, 0) is 30.7 Å². The molecular weight excluding hydrogens is 258 g/mol. The first kappa shape index (κ1) is 14.2. The molecule has 0 unspecified atom stereocenters. The Morgan fingerprint density at radius 1 is 1.30 bits per heavy atom. The number of hydrogen-bond acceptors (Lipinski definition) is 4. The van der Waals surface area contributed by atoms with E-state index in [0.717, 1.165) is 11.3 Å². The first-order chi connectivity index (χ1) is 9.56. The summed E-state index contributed by atoms with van der Waals surface area (Å²) in [5, 5.41) is 0. The molecule has 0 aliphatic carbocycles. The third kappa shape index (κ3) is 2.71. The zero-order valence-electron chi connectivity index (χ0n) is 11.6. The number of methoxy groups -OCH3 is 1. The largest absolute Gasteiger partial charge is 0.469 e. The topological polar surface area (TPSA) is 63.7 Å². The summed E-state index contributed by atoms with van der Waals surface area (Å²) in [6.45, 7) is 2.55. The molecule has 0 fully saturated rings. The number of ketones is 1. The molecule has 0 bridgehead atoms. The van der Waals surface area contributed by atoms with Crippen LogP contribution in [0.4, 0.5) is 5.69 Å². The fourth-order valence-corrected chi connectivity index (χ4v) is 2.37. The molecule has 0 saturated carbocycles. The van der Waals surface area contributed by atoms with Crippen molar-refractivity contribution in [3.8, 4) is 0 Å². The van der Waals surface area contributed by atoms with Gasteiger partial charge in [-0.15, -0.1) is 0 Å². The van der Waals surface area contributed by atoms with E-state index in [2.05, 4.69) is 4.74 Å². The van der Waals surface area contributed by atoms with Gasteiger partial charge >= 0.3 is 5.97 Å². The predicted molar refractivity (Wildman–Crippen MR) is 73.8 cm³/mol. The number of likely N-dealkylation sites (N-methyl/N-ethyl adjacent to an activating group) is 1. The zero-order valence-corrected chi connectivity index (χ0v) is 11.6. The minimum absolute atomic E-state index is 0.0571. The van der Waals surface area contributed by atoms with E-state index in [0.29, 0.717) is 18.5 Å². The van der Waals surface area contributed by atoms with Gasteiger partial charge < -0.3 is 9.64 Å². The number of carbonyl (C=O) groups excluding carboxylic acids is 3. The van der Waals surface area contributed by atoms with Crippen LogP contribution in [0.1, 0.15) is 35.7 Å². The molecule has 0 aromatic heterocycles. The molecule has 5 nitrogen and oxygen atoms in total. The van der Waals surface area contributed by atoms with Crippen LogP contribution in [0.3, 0.4) is 0 Å². The van der Waals surface area contributed by atoms with Crippen LogP contribution in [-0.2, 0) is 20.7 Å². The lowest BCUT2D eigenvalue weighted by molar-refractivity contribution is -0.140. The Morgan fingerprint density at radius 3 is 2.70 bits per heavy atom. The van der Waals surface area contributed by atoms with E-state index in [-0.39, 0.29) is 24.5 Å². The molecule has 1 aromatic rings. The summed E-state index contributed by atoms with van der Waals surface area (Å²) in [5.41, 5.74) is 2.29. The SMILES string of the molecule is CCN1C(=O)Cc2cc(C(=O)CCC(=O)OC)ccc21. The third-order valence-electron chi connectivity index (χ3n) is 3.44. The van der Waals surface area contributed by atoms with Crippen LogP contribution >= 0.6 is 0 Å². The van der Waals surface area contributed by atoms with Crippen LogP contribution in [-0.4, -0.2) is 31.3 Å². The zero-order chi connectivity index (χ0) is 14.7. The molecule has 1 aromatic carbocycles. The van der Waals surface area contributed by atoms with Crippen molar-refractivity contribution in [2.24, 2.45) is 0 Å². The van der Waals surface area contributed by atoms with Crippen LogP contribution in [0, 0.1) is 0 Å². The lowest BCUT2D eigenvalue weighted by Gasteiger charge is -2.14. The Kier molecular flexibility index (Phi) is 4.17. The van der Waals surface area contributed by atoms with Gasteiger partial charge in [0.05, 0.1) is 20.0 Å². The van der Waals surface area contributed by atoms with Crippen molar-refractivity contribution >= 4 is 23.3 Å². The van der Waals surface area contributed by atoms with Crippen LogP contribution in [0.2, 0.25) is 0 Å². The smallest absolute Gasteiger partial charge is 0.305 e. The first-order valence-electron chi connectivity index (χ1n) is 6.60. The fourth-order valence-electron chi connectivity index (χ4n) is 2.37. The maximum Gasteiger partial charge on any atom is 0.305 e. The van der Waals surface area contributed by atoms with Crippen LogP contribution < -0.4 is 4.90 Å². The van der Waals surface area contributed by atoms with Gasteiger partial charge in [0.2, 0.25) is 5.91 Å². The van der Waals surface area contributed by atoms with Gasteiger partial charge in [0.25, 0.3) is 0 Å². The maximum absolute atomic E-state index is 12.0. The summed E-state index contributed by atoms with van der Waals surface area (Å²) < 4.78 is 4.51. The first-order valence-corrected chi connectivity index (χ1v) is 6.60. The van der Waals surface area contributed by atoms with Crippen molar-refractivity contribution in [2.75, 3.05) is 18.6 Å². The van der Waals surface area contributed by atoms with Gasteiger partial charge in [0, 0.05) is 24.2 Å². The number of benzene rings is 1. The molecule has 0 atom stereocenters. The molecule has 1 aliphatic heterocycles. The van der Waals surface area contributed by atoms with Gasteiger partial charge in [-0.1, -0.05) is 0 Å². The lowest BCUT2D eigenvalue weighted by atomic mass is 10.0. The summed E-state index contributed by atoms with van der Waals surface area (Å²) >= 11 is 0. The third-order valence-corrected chi connectivity index (χ3v) is 3.44. The molecule has 5 heteroatoms. The fraction of sp³-hybridized carbons (Fsp3) is 0.400. The highest BCUT2D eigenvalue weighted by Gasteiger charge is 2.26. The minimum Gasteiger partial charge on any atom is -0.469 e. The number of nitrogens with zero attached hydrogens (tertiary/aromatic N) is 1. The summed E-state index contributed by atoms with van der Waals surface area (Å²) in [5.74, 6) is -0.450. The molecule has 106 valence electrons. The second kappa shape index (κ2) is 5.86. The second-order valence-electron chi connectivity index (χ2n) is 4.66. The molecule has 1 amide bonds. The van der Waals surface area contributed by atoms with Crippen molar-refractivity contribution < 1.29 is 19.1 Å².